The molecule has 1 heterocycles. The highest BCUT2D eigenvalue weighted by Gasteiger charge is 2.65. The summed E-state index contributed by atoms with van der Waals surface area (Å²) in [5.41, 5.74) is 3.52. The van der Waals surface area contributed by atoms with Crippen molar-refractivity contribution < 1.29 is 4.79 Å². The number of likely N-dealkylation sites (tertiary alicyclic amines) is 1. The van der Waals surface area contributed by atoms with Crippen molar-refractivity contribution in [3.63, 3.8) is 0 Å². The summed E-state index contributed by atoms with van der Waals surface area (Å²) < 4.78 is -0.428. The Morgan fingerprint density at radius 3 is 1.47 bits per heavy atom. The Balaban J connectivity index is 2.00. The number of carbonyl (C=O) groups excluding carboxylic acids is 1. The molecule has 3 aromatic rings. The lowest BCUT2D eigenvalue weighted by atomic mass is 9.84. The van der Waals surface area contributed by atoms with Gasteiger partial charge in [0.25, 0.3) is 0 Å². The van der Waals surface area contributed by atoms with Gasteiger partial charge in [0.05, 0.1) is 24.0 Å². The lowest BCUT2D eigenvalue weighted by Crippen LogP contribution is -2.72. The minimum Gasteiger partial charge on any atom is -0.325 e. The van der Waals surface area contributed by atoms with Gasteiger partial charge in [0.1, 0.15) is 0 Å². The normalized spacial score (nSPS) is 21.0. The Labute approximate surface area is 211 Å². The molecule has 1 aliphatic rings. The Morgan fingerprint density at radius 1 is 0.794 bits per heavy atom. The highest BCUT2D eigenvalue weighted by atomic mass is 32.2. The molecule has 0 radical (unpaired) electrons. The first kappa shape index (κ1) is 24.8. The zero-order valence-electron chi connectivity index (χ0n) is 21.3. The van der Waals surface area contributed by atoms with Crippen molar-refractivity contribution in [3.8, 4) is 0 Å². The van der Waals surface area contributed by atoms with Crippen LogP contribution in [0.1, 0.15) is 50.8 Å². The van der Waals surface area contributed by atoms with E-state index < -0.39 is 13.5 Å². The Hall–Kier alpha value is -2.30. The number of hydrogen-bond donors (Lipinski definition) is 0. The van der Waals surface area contributed by atoms with E-state index in [9.17, 15) is 4.79 Å². The van der Waals surface area contributed by atoms with Crippen LogP contribution in [0.2, 0.25) is 18.1 Å². The van der Waals surface area contributed by atoms with E-state index in [0.717, 1.165) is 6.42 Å². The molecule has 1 saturated heterocycles. The first-order chi connectivity index (χ1) is 16.2. The molecule has 3 aromatic carbocycles. The highest BCUT2D eigenvalue weighted by Crippen LogP contribution is 2.64. The van der Waals surface area contributed by atoms with E-state index >= 15 is 0 Å². The molecule has 0 spiro atoms. The molecule has 0 aromatic heterocycles. The van der Waals surface area contributed by atoms with Crippen molar-refractivity contribution in [2.24, 2.45) is 0 Å². The van der Waals surface area contributed by atoms with Gasteiger partial charge in [-0.25, -0.2) is 0 Å². The standard InChI is InChI=1S/C30H37NOSSi/c1-7-29(34(5)6)26(32)31(28(2,3)4)27(29)33-30(23-17-11-8-12-18-23,24-19-13-9-14-20-24)25-21-15-10-16-22-25/h8-22,27,34H,7H2,1-6H3. The number of amides is 1. The van der Waals surface area contributed by atoms with E-state index in [0.29, 0.717) is 5.91 Å². The zero-order chi connectivity index (χ0) is 24.6. The van der Waals surface area contributed by atoms with Crippen LogP contribution in [-0.4, -0.2) is 30.5 Å². The first-order valence-corrected chi connectivity index (χ1v) is 16.1. The number of thioether (sulfide) groups is 1. The summed E-state index contributed by atoms with van der Waals surface area (Å²) in [5, 5.41) is -0.140. The quantitative estimate of drug-likeness (QED) is 0.198. The van der Waals surface area contributed by atoms with Gasteiger partial charge in [0.2, 0.25) is 5.91 Å². The van der Waals surface area contributed by atoms with Crippen molar-refractivity contribution in [3.05, 3.63) is 108 Å². The average molecular weight is 488 g/mol. The molecule has 34 heavy (non-hydrogen) atoms. The van der Waals surface area contributed by atoms with Gasteiger partial charge in [0, 0.05) is 5.54 Å². The number of nitrogens with zero attached hydrogens (tertiary/aromatic N) is 1. The minimum atomic E-state index is -1.32. The molecule has 2 nitrogen and oxygen atoms in total. The lowest BCUT2D eigenvalue weighted by Gasteiger charge is -2.63. The zero-order valence-corrected chi connectivity index (χ0v) is 23.3. The van der Waals surface area contributed by atoms with E-state index in [1.165, 1.54) is 16.7 Å². The smallest absolute Gasteiger partial charge is 0.229 e. The SMILES string of the molecule is CCC1([SiH](C)C)C(=O)N(C(C)(C)C)C1SC(c1ccccc1)(c1ccccc1)c1ccccc1. The molecular formula is C30H37NOSSi. The van der Waals surface area contributed by atoms with Crippen molar-refractivity contribution in [1.82, 2.24) is 4.90 Å². The molecule has 0 saturated carbocycles. The molecule has 1 aliphatic heterocycles. The third kappa shape index (κ3) is 3.85. The molecule has 2 atom stereocenters. The summed E-state index contributed by atoms with van der Waals surface area (Å²) in [6.07, 6.45) is 0.897. The van der Waals surface area contributed by atoms with Gasteiger partial charge >= 0.3 is 0 Å². The van der Waals surface area contributed by atoms with Crippen molar-refractivity contribution in [1.29, 1.82) is 0 Å². The maximum atomic E-state index is 13.9. The predicted octanol–water partition coefficient (Wildman–Crippen LogP) is 7.32. The second kappa shape index (κ2) is 9.39. The molecule has 0 bridgehead atoms. The van der Waals surface area contributed by atoms with Crippen molar-refractivity contribution in [2.45, 2.75) is 67.9 Å². The summed E-state index contributed by atoms with van der Waals surface area (Å²) in [6, 6.07) is 32.5. The average Bonchev–Trinajstić information content (AvgIpc) is 2.83. The highest BCUT2D eigenvalue weighted by molar-refractivity contribution is 8.01. The third-order valence-corrected chi connectivity index (χ3v) is 12.6. The molecular weight excluding hydrogens is 450 g/mol. The third-order valence-electron chi connectivity index (χ3n) is 7.46. The van der Waals surface area contributed by atoms with Crippen LogP contribution in [0, 0.1) is 0 Å². The fourth-order valence-corrected chi connectivity index (χ4v) is 10.9. The number of rotatable bonds is 7. The maximum Gasteiger partial charge on any atom is 0.229 e. The fraction of sp³-hybridized carbons (Fsp3) is 0.367. The van der Waals surface area contributed by atoms with Crippen molar-refractivity contribution in [2.75, 3.05) is 0 Å². The number of β-lactam (4-membered cyclic amide) rings is 1. The van der Waals surface area contributed by atoms with Crippen LogP contribution >= 0.6 is 11.8 Å². The van der Waals surface area contributed by atoms with Crippen LogP contribution in [-0.2, 0) is 9.54 Å². The fourth-order valence-electron chi connectivity index (χ4n) is 5.57. The minimum absolute atomic E-state index is 0.109. The molecule has 178 valence electrons. The van der Waals surface area contributed by atoms with Gasteiger partial charge in [-0.15, -0.1) is 11.8 Å². The summed E-state index contributed by atoms with van der Waals surface area (Å²) in [4.78, 5) is 16.0. The van der Waals surface area contributed by atoms with Gasteiger partial charge in [-0.2, -0.15) is 0 Å². The largest absolute Gasteiger partial charge is 0.325 e. The van der Waals surface area contributed by atoms with Crippen LogP contribution in [0.15, 0.2) is 91.0 Å². The van der Waals surface area contributed by atoms with Crippen LogP contribution in [0.3, 0.4) is 0 Å². The molecule has 0 aliphatic carbocycles. The van der Waals surface area contributed by atoms with E-state index in [-0.39, 0.29) is 16.0 Å². The van der Waals surface area contributed by atoms with Gasteiger partial charge in [-0.3, -0.25) is 4.79 Å². The van der Waals surface area contributed by atoms with E-state index in [4.69, 9.17) is 0 Å². The van der Waals surface area contributed by atoms with E-state index in [1.807, 2.05) is 11.8 Å². The van der Waals surface area contributed by atoms with Crippen LogP contribution in [0.5, 0.6) is 0 Å². The summed E-state index contributed by atoms with van der Waals surface area (Å²) in [5.74, 6) is 0.352. The van der Waals surface area contributed by atoms with Crippen LogP contribution in [0.25, 0.3) is 0 Å². The van der Waals surface area contributed by atoms with Gasteiger partial charge in [-0.1, -0.05) is 111 Å². The molecule has 2 unspecified atom stereocenters. The number of benzene rings is 3. The molecule has 1 amide bonds. The molecule has 0 N–H and O–H groups in total. The Bertz CT molecular complexity index is 1010. The number of carbonyl (C=O) groups is 1. The number of hydrogen-bond acceptors (Lipinski definition) is 2. The lowest BCUT2D eigenvalue weighted by molar-refractivity contribution is -0.156. The monoisotopic (exact) mass is 487 g/mol. The van der Waals surface area contributed by atoms with Gasteiger partial charge < -0.3 is 4.90 Å². The summed E-state index contributed by atoms with van der Waals surface area (Å²) in [7, 11) is -1.32. The second-order valence-corrected chi connectivity index (χ2v) is 15.3. The maximum absolute atomic E-state index is 13.9. The summed E-state index contributed by atoms with van der Waals surface area (Å²) >= 11 is 1.98. The molecule has 4 heteroatoms. The molecule has 1 fully saturated rings. The second-order valence-electron chi connectivity index (χ2n) is 10.6. The van der Waals surface area contributed by atoms with Crippen LogP contribution < -0.4 is 0 Å². The topological polar surface area (TPSA) is 20.3 Å². The van der Waals surface area contributed by atoms with E-state index in [2.05, 4.69) is 137 Å². The van der Waals surface area contributed by atoms with Crippen LogP contribution in [0.4, 0.5) is 0 Å². The van der Waals surface area contributed by atoms with Crippen molar-refractivity contribution >= 4 is 26.5 Å². The Kier molecular flexibility index (Phi) is 6.85. The summed E-state index contributed by atoms with van der Waals surface area (Å²) in [6.45, 7) is 13.4. The van der Waals surface area contributed by atoms with Gasteiger partial charge in [-0.05, 0) is 43.9 Å². The molecule has 4 rings (SSSR count). The Morgan fingerprint density at radius 2 is 1.18 bits per heavy atom. The first-order valence-electron chi connectivity index (χ1n) is 12.4. The predicted molar refractivity (Wildman–Crippen MR) is 149 cm³/mol. The van der Waals surface area contributed by atoms with Gasteiger partial charge in [0.15, 0.2) is 0 Å². The van der Waals surface area contributed by atoms with E-state index in [1.54, 1.807) is 0 Å².